The molecule has 0 fully saturated rings. The van der Waals surface area contributed by atoms with Crippen molar-refractivity contribution in [2.24, 2.45) is 0 Å². The van der Waals surface area contributed by atoms with Gasteiger partial charge in [0.1, 0.15) is 5.82 Å². The van der Waals surface area contributed by atoms with Crippen molar-refractivity contribution in [3.8, 4) is 11.5 Å². The molecule has 2 rings (SSSR count). The van der Waals surface area contributed by atoms with Crippen molar-refractivity contribution in [1.29, 1.82) is 0 Å². The second kappa shape index (κ2) is 5.14. The molecule has 96 valence electrons. The molecule has 1 atom stereocenters. The van der Waals surface area contributed by atoms with E-state index < -0.39 is 5.82 Å². The van der Waals surface area contributed by atoms with E-state index in [9.17, 15) is 4.39 Å². The minimum atomic E-state index is -0.502. The lowest BCUT2D eigenvalue weighted by atomic mass is 10.2. The molecule has 2 aromatic rings. The Bertz CT molecular complexity index is 542. The summed E-state index contributed by atoms with van der Waals surface area (Å²) in [6, 6.07) is 4.37. The largest absolute Gasteiger partial charge is 0.396 e. The number of hydrogen-bond acceptors (Lipinski definition) is 5. The first-order valence-electron chi connectivity index (χ1n) is 5.51. The van der Waals surface area contributed by atoms with Gasteiger partial charge in [0.05, 0.1) is 11.8 Å². The highest BCUT2D eigenvalue weighted by Gasteiger charge is 2.12. The van der Waals surface area contributed by atoms with E-state index in [2.05, 4.69) is 10.1 Å². The van der Waals surface area contributed by atoms with Crippen LogP contribution in [0.1, 0.15) is 12.7 Å². The highest BCUT2D eigenvalue weighted by molar-refractivity contribution is 5.57. The molecule has 1 unspecified atom stereocenters. The summed E-state index contributed by atoms with van der Waals surface area (Å²) in [5, 5.41) is 3.81. The monoisotopic (exact) mass is 251 g/mol. The molecule has 1 heterocycles. The summed E-state index contributed by atoms with van der Waals surface area (Å²) in [4.78, 5) is 4.17. The third-order valence-corrected chi connectivity index (χ3v) is 2.59. The summed E-state index contributed by atoms with van der Waals surface area (Å²) in [6.07, 6.45) is 0.538. The van der Waals surface area contributed by atoms with Gasteiger partial charge in [-0.05, 0) is 25.1 Å². The number of benzene rings is 1. The van der Waals surface area contributed by atoms with Crippen LogP contribution in [0.5, 0.6) is 0 Å². The van der Waals surface area contributed by atoms with Crippen molar-refractivity contribution < 1.29 is 13.7 Å². The molecule has 5 nitrogen and oxygen atoms in total. The average molecular weight is 251 g/mol. The van der Waals surface area contributed by atoms with Crippen molar-refractivity contribution in [3.63, 3.8) is 0 Å². The van der Waals surface area contributed by atoms with Crippen molar-refractivity contribution in [3.05, 3.63) is 29.8 Å². The molecule has 1 aromatic heterocycles. The molecule has 0 saturated heterocycles. The Morgan fingerprint density at radius 2 is 2.28 bits per heavy atom. The fraction of sp³-hybridized carbons (Fsp3) is 0.333. The third-order valence-electron chi connectivity index (χ3n) is 2.59. The van der Waals surface area contributed by atoms with Crippen LogP contribution >= 0.6 is 0 Å². The lowest BCUT2D eigenvalue weighted by Crippen LogP contribution is -2.09. The van der Waals surface area contributed by atoms with Gasteiger partial charge in [-0.2, -0.15) is 4.98 Å². The lowest BCUT2D eigenvalue weighted by Gasteiger charge is -2.03. The van der Waals surface area contributed by atoms with E-state index in [-0.39, 0.29) is 17.7 Å². The molecule has 6 heteroatoms. The molecule has 0 radical (unpaired) electrons. The molecule has 0 aliphatic heterocycles. The quantitative estimate of drug-likeness (QED) is 0.841. The molecule has 0 amide bonds. The van der Waals surface area contributed by atoms with E-state index in [4.69, 9.17) is 15.0 Å². The molecule has 0 spiro atoms. The van der Waals surface area contributed by atoms with E-state index in [1.165, 1.54) is 12.1 Å². The highest BCUT2D eigenvalue weighted by Crippen LogP contribution is 2.21. The number of aromatic nitrogens is 2. The normalized spacial score (nSPS) is 12.6. The molecule has 2 N–H and O–H groups in total. The predicted molar refractivity (Wildman–Crippen MR) is 64.3 cm³/mol. The molecular formula is C12H14FN3O2. The SMILES string of the molecule is COC(C)Cc1noc(-c2ccc(N)c(F)c2)n1. The van der Waals surface area contributed by atoms with E-state index in [1.807, 2.05) is 6.92 Å². The van der Waals surface area contributed by atoms with Gasteiger partial charge in [0.2, 0.25) is 0 Å². The van der Waals surface area contributed by atoms with E-state index >= 15 is 0 Å². The molecule has 1 aromatic carbocycles. The summed E-state index contributed by atoms with van der Waals surface area (Å²) < 4.78 is 23.5. The first-order valence-corrected chi connectivity index (χ1v) is 5.51. The zero-order valence-corrected chi connectivity index (χ0v) is 10.2. The zero-order chi connectivity index (χ0) is 13.1. The van der Waals surface area contributed by atoms with Gasteiger partial charge in [-0.15, -0.1) is 0 Å². The maximum atomic E-state index is 13.3. The Morgan fingerprint density at radius 1 is 1.50 bits per heavy atom. The van der Waals surface area contributed by atoms with Gasteiger partial charge in [0, 0.05) is 19.1 Å². The number of nitrogens with two attached hydrogens (primary N) is 1. The van der Waals surface area contributed by atoms with Crippen LogP contribution in [0.3, 0.4) is 0 Å². The number of nitrogen functional groups attached to an aromatic ring is 1. The zero-order valence-electron chi connectivity index (χ0n) is 10.2. The number of hydrogen-bond donors (Lipinski definition) is 1. The van der Waals surface area contributed by atoms with Gasteiger partial charge in [-0.25, -0.2) is 4.39 Å². The Kier molecular flexibility index (Phi) is 3.57. The van der Waals surface area contributed by atoms with Gasteiger partial charge < -0.3 is 15.0 Å². The van der Waals surface area contributed by atoms with Gasteiger partial charge in [0.25, 0.3) is 5.89 Å². The van der Waals surface area contributed by atoms with Crippen LogP contribution in [-0.2, 0) is 11.2 Å². The van der Waals surface area contributed by atoms with Crippen molar-refractivity contribution in [2.75, 3.05) is 12.8 Å². The Labute approximate surface area is 104 Å². The minimum Gasteiger partial charge on any atom is -0.396 e. The summed E-state index contributed by atoms with van der Waals surface area (Å²) in [5.74, 6) is 0.293. The number of halogens is 1. The van der Waals surface area contributed by atoms with E-state index in [1.54, 1.807) is 13.2 Å². The summed E-state index contributed by atoms with van der Waals surface area (Å²) >= 11 is 0. The standard InChI is InChI=1S/C12H14FN3O2/c1-7(17-2)5-11-15-12(18-16-11)8-3-4-10(14)9(13)6-8/h3-4,6-7H,5,14H2,1-2H3. The highest BCUT2D eigenvalue weighted by atomic mass is 19.1. The van der Waals surface area contributed by atoms with E-state index in [0.29, 0.717) is 17.8 Å². The average Bonchev–Trinajstić information content (AvgIpc) is 2.81. The number of anilines is 1. The Balaban J connectivity index is 2.21. The summed E-state index contributed by atoms with van der Waals surface area (Å²) in [5.41, 5.74) is 5.99. The first kappa shape index (κ1) is 12.5. The fourth-order valence-corrected chi connectivity index (χ4v) is 1.45. The van der Waals surface area contributed by atoms with Crippen LogP contribution in [0, 0.1) is 5.82 Å². The molecule has 0 bridgehead atoms. The number of nitrogens with zero attached hydrogens (tertiary/aromatic N) is 2. The van der Waals surface area contributed by atoms with Crippen LogP contribution < -0.4 is 5.73 Å². The Morgan fingerprint density at radius 3 is 2.94 bits per heavy atom. The van der Waals surface area contributed by atoms with Crippen molar-refractivity contribution in [2.45, 2.75) is 19.4 Å². The van der Waals surface area contributed by atoms with E-state index in [0.717, 1.165) is 0 Å². The second-order valence-electron chi connectivity index (χ2n) is 4.00. The van der Waals surface area contributed by atoms with Crippen LogP contribution in [-0.4, -0.2) is 23.4 Å². The minimum absolute atomic E-state index is 0.00129. The number of ether oxygens (including phenoxy) is 1. The topological polar surface area (TPSA) is 74.2 Å². The molecule has 0 aliphatic carbocycles. The first-order chi connectivity index (χ1) is 8.60. The van der Waals surface area contributed by atoms with Gasteiger partial charge >= 0.3 is 0 Å². The second-order valence-corrected chi connectivity index (χ2v) is 4.00. The smallest absolute Gasteiger partial charge is 0.258 e. The summed E-state index contributed by atoms with van der Waals surface area (Å²) in [7, 11) is 1.61. The fourth-order valence-electron chi connectivity index (χ4n) is 1.45. The van der Waals surface area contributed by atoms with Crippen LogP contribution in [0.4, 0.5) is 10.1 Å². The van der Waals surface area contributed by atoms with Crippen LogP contribution in [0.25, 0.3) is 11.5 Å². The number of rotatable bonds is 4. The molecule has 0 aliphatic rings. The maximum absolute atomic E-state index is 13.3. The maximum Gasteiger partial charge on any atom is 0.258 e. The van der Waals surface area contributed by atoms with Crippen LogP contribution in [0.15, 0.2) is 22.7 Å². The van der Waals surface area contributed by atoms with Crippen molar-refractivity contribution in [1.82, 2.24) is 10.1 Å². The van der Waals surface area contributed by atoms with Gasteiger partial charge in [-0.1, -0.05) is 5.16 Å². The van der Waals surface area contributed by atoms with Gasteiger partial charge in [0.15, 0.2) is 5.82 Å². The lowest BCUT2D eigenvalue weighted by molar-refractivity contribution is 0.116. The third kappa shape index (κ3) is 2.65. The molecule has 0 saturated carbocycles. The Hall–Kier alpha value is -1.95. The number of methoxy groups -OCH3 is 1. The van der Waals surface area contributed by atoms with Crippen molar-refractivity contribution >= 4 is 5.69 Å². The summed E-state index contributed by atoms with van der Waals surface area (Å²) in [6.45, 7) is 1.90. The molecular weight excluding hydrogens is 237 g/mol. The van der Waals surface area contributed by atoms with Crippen LogP contribution in [0.2, 0.25) is 0 Å². The molecule has 18 heavy (non-hydrogen) atoms. The predicted octanol–water partition coefficient (Wildman–Crippen LogP) is 2.04. The van der Waals surface area contributed by atoms with Gasteiger partial charge in [-0.3, -0.25) is 0 Å².